The van der Waals surface area contributed by atoms with Gasteiger partial charge in [-0.3, -0.25) is 9.78 Å². The van der Waals surface area contributed by atoms with Crippen LogP contribution in [0.1, 0.15) is 10.8 Å². The average molecular weight is 340 g/mol. The summed E-state index contributed by atoms with van der Waals surface area (Å²) in [6.07, 6.45) is 3.33. The van der Waals surface area contributed by atoms with E-state index in [2.05, 4.69) is 15.2 Å². The highest BCUT2D eigenvalue weighted by molar-refractivity contribution is 8.00. The van der Waals surface area contributed by atoms with E-state index in [4.69, 9.17) is 4.42 Å². The van der Waals surface area contributed by atoms with E-state index in [1.54, 1.807) is 37.5 Å². The van der Waals surface area contributed by atoms with Gasteiger partial charge in [-0.05, 0) is 29.5 Å². The molecule has 0 unspecified atom stereocenters. The van der Waals surface area contributed by atoms with E-state index >= 15 is 0 Å². The molecular formula is C17H16N4O2S. The number of hydrogen-bond donors (Lipinski definition) is 0. The van der Waals surface area contributed by atoms with Crippen molar-refractivity contribution in [2.75, 3.05) is 14.1 Å². The molecule has 0 saturated carbocycles. The Morgan fingerprint density at radius 1 is 1.12 bits per heavy atom. The van der Waals surface area contributed by atoms with Crippen LogP contribution in [0.3, 0.4) is 0 Å². The number of hydrogen-bond acceptors (Lipinski definition) is 6. The molecule has 3 rings (SSSR count). The van der Waals surface area contributed by atoms with Crippen LogP contribution in [-0.4, -0.2) is 40.1 Å². The molecule has 0 fully saturated rings. The number of pyridine rings is 1. The van der Waals surface area contributed by atoms with Crippen LogP contribution in [0.25, 0.3) is 11.5 Å². The Labute approximate surface area is 143 Å². The highest BCUT2D eigenvalue weighted by Gasteiger charge is 2.26. The van der Waals surface area contributed by atoms with Crippen LogP contribution >= 0.6 is 11.8 Å². The SMILES string of the molecule is CN(C)C(=O)[C@@H](Sc1nnc(-c2cccnc2)o1)c1ccccc1. The summed E-state index contributed by atoms with van der Waals surface area (Å²) in [4.78, 5) is 18.1. The second-order valence-corrected chi connectivity index (χ2v) is 6.31. The zero-order valence-electron chi connectivity index (χ0n) is 13.3. The average Bonchev–Trinajstić information content (AvgIpc) is 3.09. The second kappa shape index (κ2) is 7.27. The molecule has 1 amide bonds. The maximum atomic E-state index is 12.5. The minimum absolute atomic E-state index is 0.0349. The predicted octanol–water partition coefficient (Wildman–Crippen LogP) is 3.05. The zero-order valence-corrected chi connectivity index (χ0v) is 14.1. The van der Waals surface area contributed by atoms with Gasteiger partial charge >= 0.3 is 0 Å². The number of thioether (sulfide) groups is 1. The molecule has 0 radical (unpaired) electrons. The first kappa shape index (κ1) is 16.2. The number of likely N-dealkylation sites (N-methyl/N-ethyl adjacent to an activating group) is 1. The van der Waals surface area contributed by atoms with Crippen LogP contribution in [0.15, 0.2) is 64.5 Å². The topological polar surface area (TPSA) is 72.1 Å². The molecule has 0 bridgehead atoms. The van der Waals surface area contributed by atoms with Gasteiger partial charge in [0, 0.05) is 26.5 Å². The summed E-state index contributed by atoms with van der Waals surface area (Å²) in [5.41, 5.74) is 1.63. The van der Waals surface area contributed by atoms with Gasteiger partial charge in [0.1, 0.15) is 5.25 Å². The number of carbonyl (C=O) groups excluding carboxylic acids is 1. The Balaban J connectivity index is 1.86. The van der Waals surface area contributed by atoms with Gasteiger partial charge in [-0.1, -0.05) is 30.3 Å². The Morgan fingerprint density at radius 3 is 2.58 bits per heavy atom. The van der Waals surface area contributed by atoms with Gasteiger partial charge in [0.2, 0.25) is 11.8 Å². The van der Waals surface area contributed by atoms with E-state index in [0.717, 1.165) is 11.1 Å². The predicted molar refractivity (Wildman–Crippen MR) is 91.3 cm³/mol. The van der Waals surface area contributed by atoms with Gasteiger partial charge in [-0.15, -0.1) is 10.2 Å². The molecule has 24 heavy (non-hydrogen) atoms. The normalized spacial score (nSPS) is 11.9. The van der Waals surface area contributed by atoms with Crippen LogP contribution in [0, 0.1) is 0 Å². The Hall–Kier alpha value is -2.67. The van der Waals surface area contributed by atoms with Crippen LogP contribution < -0.4 is 0 Å². The molecule has 122 valence electrons. The Morgan fingerprint density at radius 2 is 1.92 bits per heavy atom. The molecule has 0 aliphatic carbocycles. The highest BCUT2D eigenvalue weighted by Crippen LogP contribution is 2.36. The van der Waals surface area contributed by atoms with Crippen molar-refractivity contribution in [2.45, 2.75) is 10.5 Å². The van der Waals surface area contributed by atoms with Crippen LogP contribution in [0.5, 0.6) is 0 Å². The summed E-state index contributed by atoms with van der Waals surface area (Å²) in [5.74, 6) is 0.349. The Bertz CT molecular complexity index is 806. The molecule has 0 saturated heterocycles. The second-order valence-electron chi connectivity index (χ2n) is 5.26. The van der Waals surface area contributed by atoms with Gasteiger partial charge in [-0.25, -0.2) is 0 Å². The third kappa shape index (κ3) is 3.62. The number of nitrogens with zero attached hydrogens (tertiary/aromatic N) is 4. The summed E-state index contributed by atoms with van der Waals surface area (Å²) >= 11 is 1.24. The lowest BCUT2D eigenvalue weighted by atomic mass is 10.1. The van der Waals surface area contributed by atoms with Crippen molar-refractivity contribution in [1.29, 1.82) is 0 Å². The van der Waals surface area contributed by atoms with Gasteiger partial charge in [0.15, 0.2) is 0 Å². The first-order chi connectivity index (χ1) is 11.6. The molecule has 1 aromatic carbocycles. The van der Waals surface area contributed by atoms with E-state index in [1.807, 2.05) is 36.4 Å². The summed E-state index contributed by atoms with van der Waals surface area (Å²) in [5, 5.41) is 7.99. The molecule has 0 N–H and O–H groups in total. The number of rotatable bonds is 5. The number of aromatic nitrogens is 3. The highest BCUT2D eigenvalue weighted by atomic mass is 32.2. The molecule has 1 atom stereocenters. The van der Waals surface area contributed by atoms with E-state index in [-0.39, 0.29) is 5.91 Å². The lowest BCUT2D eigenvalue weighted by Crippen LogP contribution is -2.26. The Kier molecular flexibility index (Phi) is 4.90. The number of carbonyl (C=O) groups is 1. The van der Waals surface area contributed by atoms with Crippen molar-refractivity contribution in [3.63, 3.8) is 0 Å². The first-order valence-electron chi connectivity index (χ1n) is 7.32. The first-order valence-corrected chi connectivity index (χ1v) is 8.20. The van der Waals surface area contributed by atoms with Crippen molar-refractivity contribution >= 4 is 17.7 Å². The molecule has 6 nitrogen and oxygen atoms in total. The number of amides is 1. The van der Waals surface area contributed by atoms with E-state index in [1.165, 1.54) is 11.8 Å². The van der Waals surface area contributed by atoms with Gasteiger partial charge in [0.05, 0.1) is 5.56 Å². The molecule has 2 aromatic heterocycles. The molecular weight excluding hydrogens is 324 g/mol. The maximum absolute atomic E-state index is 12.5. The van der Waals surface area contributed by atoms with Crippen molar-refractivity contribution < 1.29 is 9.21 Å². The maximum Gasteiger partial charge on any atom is 0.277 e. The van der Waals surface area contributed by atoms with Crippen molar-refractivity contribution in [3.05, 3.63) is 60.4 Å². The lowest BCUT2D eigenvalue weighted by Gasteiger charge is -2.18. The standard InChI is InChI=1S/C17H16N4O2S/c1-21(2)16(22)14(12-7-4-3-5-8-12)24-17-20-19-15(23-17)13-9-6-10-18-11-13/h3-11,14H,1-2H3/t14-/m0/s1. The molecule has 0 aliphatic rings. The van der Waals surface area contributed by atoms with E-state index in [9.17, 15) is 4.79 Å². The van der Waals surface area contributed by atoms with Crippen molar-refractivity contribution in [1.82, 2.24) is 20.1 Å². The monoisotopic (exact) mass is 340 g/mol. The molecule has 2 heterocycles. The minimum Gasteiger partial charge on any atom is -0.411 e. The lowest BCUT2D eigenvalue weighted by molar-refractivity contribution is -0.128. The van der Waals surface area contributed by atoms with Crippen molar-refractivity contribution in [2.24, 2.45) is 0 Å². The number of benzene rings is 1. The van der Waals surface area contributed by atoms with Gasteiger partial charge < -0.3 is 9.32 Å². The molecule has 7 heteroatoms. The fourth-order valence-electron chi connectivity index (χ4n) is 2.09. The minimum atomic E-state index is -0.441. The molecule has 3 aromatic rings. The zero-order chi connectivity index (χ0) is 16.9. The van der Waals surface area contributed by atoms with Crippen molar-refractivity contribution in [3.8, 4) is 11.5 Å². The van der Waals surface area contributed by atoms with Gasteiger partial charge in [-0.2, -0.15) is 0 Å². The third-order valence-corrected chi connectivity index (χ3v) is 4.38. The van der Waals surface area contributed by atoms with Gasteiger partial charge in [0.25, 0.3) is 5.22 Å². The van der Waals surface area contributed by atoms with E-state index < -0.39 is 5.25 Å². The van der Waals surface area contributed by atoms with Crippen LogP contribution in [-0.2, 0) is 4.79 Å². The summed E-state index contributed by atoms with van der Waals surface area (Å²) < 4.78 is 5.68. The molecule has 0 aliphatic heterocycles. The largest absolute Gasteiger partial charge is 0.411 e. The van der Waals surface area contributed by atoms with E-state index in [0.29, 0.717) is 11.1 Å². The molecule has 0 spiro atoms. The third-order valence-electron chi connectivity index (χ3n) is 3.30. The van der Waals surface area contributed by atoms with Crippen LogP contribution in [0.2, 0.25) is 0 Å². The van der Waals surface area contributed by atoms with Crippen LogP contribution in [0.4, 0.5) is 0 Å². The smallest absolute Gasteiger partial charge is 0.277 e. The summed E-state index contributed by atoms with van der Waals surface area (Å²) in [7, 11) is 3.46. The summed E-state index contributed by atoms with van der Waals surface area (Å²) in [6.45, 7) is 0. The summed E-state index contributed by atoms with van der Waals surface area (Å²) in [6, 6.07) is 13.2. The quantitative estimate of drug-likeness (QED) is 0.665. The fourth-order valence-corrected chi connectivity index (χ4v) is 3.11. The fraction of sp³-hybridized carbons (Fsp3) is 0.176.